The molecule has 1 amide bonds. The molecule has 1 atom stereocenters. The van der Waals surface area contributed by atoms with E-state index in [9.17, 15) is 4.79 Å². The van der Waals surface area contributed by atoms with Gasteiger partial charge in [-0.3, -0.25) is 4.79 Å². The van der Waals surface area contributed by atoms with Gasteiger partial charge in [-0.1, -0.05) is 6.92 Å². The molecule has 1 aromatic heterocycles. The molecule has 0 spiro atoms. The van der Waals surface area contributed by atoms with Crippen LogP contribution in [0.4, 0.5) is 0 Å². The van der Waals surface area contributed by atoms with Crippen molar-refractivity contribution in [3.8, 4) is 0 Å². The zero-order chi connectivity index (χ0) is 11.4. The third-order valence-corrected chi connectivity index (χ3v) is 2.81. The summed E-state index contributed by atoms with van der Waals surface area (Å²) in [7, 11) is 0. The maximum absolute atomic E-state index is 11.9. The second-order valence-electron chi connectivity index (χ2n) is 3.99. The minimum atomic E-state index is -0.126. The van der Waals surface area contributed by atoms with E-state index in [4.69, 9.17) is 4.42 Å². The number of carbonyl (C=O) groups is 1. The summed E-state index contributed by atoms with van der Waals surface area (Å²) in [6, 6.07) is 0.211. The van der Waals surface area contributed by atoms with Gasteiger partial charge >= 0.3 is 0 Å². The average Bonchev–Trinajstić information content (AvgIpc) is 2.78. The van der Waals surface area contributed by atoms with Crippen LogP contribution in [0.5, 0.6) is 0 Å². The number of piperidine rings is 1. The van der Waals surface area contributed by atoms with Crippen LogP contribution >= 0.6 is 24.8 Å². The molecule has 1 saturated heterocycles. The Balaban J connectivity index is 0.00000144. The van der Waals surface area contributed by atoms with Crippen LogP contribution in [0.1, 0.15) is 36.0 Å². The first kappa shape index (κ1) is 17.2. The molecule has 0 saturated carbocycles. The van der Waals surface area contributed by atoms with Crippen LogP contribution in [0.25, 0.3) is 0 Å². The molecule has 1 aromatic rings. The molecule has 0 aliphatic carbocycles. The molecule has 2 N–H and O–H groups in total. The first-order valence-electron chi connectivity index (χ1n) is 5.75. The van der Waals surface area contributed by atoms with E-state index in [1.807, 2.05) is 6.92 Å². The van der Waals surface area contributed by atoms with Gasteiger partial charge in [-0.25, -0.2) is 4.98 Å². The first-order valence-corrected chi connectivity index (χ1v) is 5.75. The second-order valence-corrected chi connectivity index (χ2v) is 3.99. The summed E-state index contributed by atoms with van der Waals surface area (Å²) >= 11 is 0. The molecule has 0 aromatic carbocycles. The summed E-state index contributed by atoms with van der Waals surface area (Å²) in [5.74, 6) is 0.528. The van der Waals surface area contributed by atoms with E-state index in [0.29, 0.717) is 17.9 Å². The van der Waals surface area contributed by atoms with Crippen LogP contribution < -0.4 is 10.6 Å². The Morgan fingerprint density at radius 3 is 3.00 bits per heavy atom. The lowest BCUT2D eigenvalue weighted by molar-refractivity contribution is 0.0924. The predicted octanol–water partition coefficient (Wildman–Crippen LogP) is 1.56. The summed E-state index contributed by atoms with van der Waals surface area (Å²) in [6.45, 7) is 3.82. The predicted molar refractivity (Wildman–Crippen MR) is 73.7 cm³/mol. The third-order valence-electron chi connectivity index (χ3n) is 2.81. The highest BCUT2D eigenvalue weighted by molar-refractivity contribution is 5.93. The Labute approximate surface area is 119 Å². The number of oxazole rings is 1. The van der Waals surface area contributed by atoms with Gasteiger partial charge in [-0.2, -0.15) is 0 Å². The molecule has 2 heterocycles. The van der Waals surface area contributed by atoms with Gasteiger partial charge in [0.2, 0.25) is 0 Å². The molecule has 1 fully saturated rings. The fraction of sp³-hybridized carbons (Fsp3) is 0.636. The zero-order valence-electron chi connectivity index (χ0n) is 10.3. The van der Waals surface area contributed by atoms with E-state index < -0.39 is 0 Å². The van der Waals surface area contributed by atoms with E-state index in [1.54, 1.807) is 0 Å². The number of hydrogen-bond donors (Lipinski definition) is 2. The van der Waals surface area contributed by atoms with Crippen LogP contribution in [0.2, 0.25) is 0 Å². The summed E-state index contributed by atoms with van der Waals surface area (Å²) in [4.78, 5) is 15.8. The number of aryl methyl sites for hydroxylation is 1. The maximum atomic E-state index is 11.9. The molecule has 5 nitrogen and oxygen atoms in total. The summed E-state index contributed by atoms with van der Waals surface area (Å²) in [5, 5.41) is 6.23. The number of amides is 1. The Bertz CT molecular complexity index is 365. The average molecular weight is 296 g/mol. The Kier molecular flexibility index (Phi) is 7.98. The van der Waals surface area contributed by atoms with Crippen molar-refractivity contribution < 1.29 is 9.21 Å². The Morgan fingerprint density at radius 1 is 1.61 bits per heavy atom. The van der Waals surface area contributed by atoms with Gasteiger partial charge in [0, 0.05) is 19.0 Å². The minimum Gasteiger partial charge on any atom is -0.448 e. The van der Waals surface area contributed by atoms with Gasteiger partial charge in [0.05, 0.1) is 0 Å². The number of halogens is 2. The number of aromatic nitrogens is 1. The van der Waals surface area contributed by atoms with Gasteiger partial charge in [0.25, 0.3) is 5.91 Å². The van der Waals surface area contributed by atoms with Crippen LogP contribution in [0.15, 0.2) is 10.8 Å². The molecule has 7 heteroatoms. The molecule has 0 bridgehead atoms. The molecule has 1 aliphatic rings. The number of rotatable bonds is 3. The van der Waals surface area contributed by atoms with Gasteiger partial charge < -0.3 is 15.1 Å². The fourth-order valence-corrected chi connectivity index (χ4v) is 1.94. The molecule has 0 radical (unpaired) electrons. The molecular weight excluding hydrogens is 277 g/mol. The van der Waals surface area contributed by atoms with Gasteiger partial charge in [-0.15, -0.1) is 24.8 Å². The van der Waals surface area contributed by atoms with Crippen molar-refractivity contribution in [1.29, 1.82) is 0 Å². The smallest absolute Gasteiger partial charge is 0.273 e. The van der Waals surface area contributed by atoms with Crippen molar-refractivity contribution in [2.24, 2.45) is 0 Å². The highest BCUT2D eigenvalue weighted by atomic mass is 35.5. The topological polar surface area (TPSA) is 67.2 Å². The first-order chi connectivity index (χ1) is 7.81. The van der Waals surface area contributed by atoms with Crippen molar-refractivity contribution >= 4 is 30.7 Å². The van der Waals surface area contributed by atoms with Crippen molar-refractivity contribution in [2.75, 3.05) is 13.1 Å². The standard InChI is InChI=1S/C11H17N3O2.2ClH/c1-2-9-10(13-7-16-9)11(15)14-8-4-3-5-12-6-8;;/h7-8,12H,2-6H2,1H3,(H,14,15);2*1H/t8-;;/m0../s1. The van der Waals surface area contributed by atoms with Crippen LogP contribution in [-0.2, 0) is 6.42 Å². The number of nitrogens with zero attached hydrogens (tertiary/aromatic N) is 1. The fourth-order valence-electron chi connectivity index (χ4n) is 1.94. The summed E-state index contributed by atoms with van der Waals surface area (Å²) < 4.78 is 5.14. The maximum Gasteiger partial charge on any atom is 0.273 e. The molecular formula is C11H19Cl2N3O2. The van der Waals surface area contributed by atoms with E-state index >= 15 is 0 Å². The van der Waals surface area contributed by atoms with Crippen LogP contribution in [0, 0.1) is 0 Å². The molecule has 2 rings (SSSR count). The quantitative estimate of drug-likeness (QED) is 0.888. The lowest BCUT2D eigenvalue weighted by Crippen LogP contribution is -2.45. The lowest BCUT2D eigenvalue weighted by Gasteiger charge is -2.23. The van der Waals surface area contributed by atoms with E-state index in [-0.39, 0.29) is 36.8 Å². The van der Waals surface area contributed by atoms with E-state index in [0.717, 1.165) is 25.9 Å². The molecule has 0 unspecified atom stereocenters. The second kappa shape index (κ2) is 8.34. The third kappa shape index (κ3) is 4.15. The van der Waals surface area contributed by atoms with Crippen LogP contribution in [0.3, 0.4) is 0 Å². The summed E-state index contributed by atoms with van der Waals surface area (Å²) in [6.07, 6.45) is 4.14. The number of nitrogens with one attached hydrogen (secondary N) is 2. The molecule has 104 valence electrons. The monoisotopic (exact) mass is 295 g/mol. The molecule has 1 aliphatic heterocycles. The number of hydrogen-bond acceptors (Lipinski definition) is 4. The highest BCUT2D eigenvalue weighted by Gasteiger charge is 2.20. The number of carbonyl (C=O) groups excluding carboxylic acids is 1. The van der Waals surface area contributed by atoms with Crippen molar-refractivity contribution in [2.45, 2.75) is 32.2 Å². The SMILES string of the molecule is CCc1ocnc1C(=O)N[C@H]1CCCNC1.Cl.Cl. The lowest BCUT2D eigenvalue weighted by atomic mass is 10.1. The molecule has 18 heavy (non-hydrogen) atoms. The van der Waals surface area contributed by atoms with Gasteiger partial charge in [-0.05, 0) is 19.4 Å². The Hall–Kier alpha value is -0.780. The van der Waals surface area contributed by atoms with Crippen molar-refractivity contribution in [3.05, 3.63) is 17.8 Å². The van der Waals surface area contributed by atoms with E-state index in [2.05, 4.69) is 15.6 Å². The largest absolute Gasteiger partial charge is 0.448 e. The van der Waals surface area contributed by atoms with Crippen molar-refractivity contribution in [1.82, 2.24) is 15.6 Å². The highest BCUT2D eigenvalue weighted by Crippen LogP contribution is 2.09. The van der Waals surface area contributed by atoms with Crippen LogP contribution in [-0.4, -0.2) is 30.0 Å². The summed E-state index contributed by atoms with van der Waals surface area (Å²) in [5.41, 5.74) is 0.424. The van der Waals surface area contributed by atoms with Gasteiger partial charge in [0.15, 0.2) is 12.1 Å². The zero-order valence-corrected chi connectivity index (χ0v) is 11.9. The minimum absolute atomic E-state index is 0. The van der Waals surface area contributed by atoms with Gasteiger partial charge in [0.1, 0.15) is 5.76 Å². The van der Waals surface area contributed by atoms with Crippen molar-refractivity contribution in [3.63, 3.8) is 0 Å². The Morgan fingerprint density at radius 2 is 2.39 bits per heavy atom. The van der Waals surface area contributed by atoms with E-state index in [1.165, 1.54) is 6.39 Å². The normalized spacial score (nSPS) is 18.4.